The van der Waals surface area contributed by atoms with Gasteiger partial charge in [-0.2, -0.15) is 10.4 Å². The van der Waals surface area contributed by atoms with Crippen LogP contribution in [0.2, 0.25) is 0 Å². The van der Waals surface area contributed by atoms with Gasteiger partial charge in [0.1, 0.15) is 18.4 Å². The van der Waals surface area contributed by atoms with Crippen molar-refractivity contribution in [2.45, 2.75) is 19.9 Å². The van der Waals surface area contributed by atoms with E-state index in [0.29, 0.717) is 24.0 Å². The summed E-state index contributed by atoms with van der Waals surface area (Å²) in [5.74, 6) is 0.667. The van der Waals surface area contributed by atoms with Crippen LogP contribution in [0, 0.1) is 25.2 Å². The van der Waals surface area contributed by atoms with Crippen molar-refractivity contribution < 1.29 is 4.74 Å². The molecule has 1 aliphatic heterocycles. The fourth-order valence-electron chi connectivity index (χ4n) is 2.87. The Morgan fingerprint density at radius 1 is 1.32 bits per heavy atom. The van der Waals surface area contributed by atoms with Crippen LogP contribution in [0.4, 0.5) is 0 Å². The zero-order chi connectivity index (χ0) is 15.5. The Labute approximate surface area is 130 Å². The first-order valence-corrected chi connectivity index (χ1v) is 7.54. The van der Waals surface area contributed by atoms with Gasteiger partial charge in [-0.15, -0.1) is 0 Å². The minimum Gasteiger partial charge on any atom is -0.491 e. The molecule has 2 aromatic rings. The molecule has 5 nitrogen and oxygen atoms in total. The SMILES string of the molecule is Cc1cc(C)n(C2CN(CCOc3ccccc3C#N)C2)n1. The summed E-state index contributed by atoms with van der Waals surface area (Å²) < 4.78 is 7.84. The van der Waals surface area contributed by atoms with Crippen molar-refractivity contribution >= 4 is 0 Å². The van der Waals surface area contributed by atoms with E-state index in [2.05, 4.69) is 33.7 Å². The number of aromatic nitrogens is 2. The number of para-hydroxylation sites is 1. The Hall–Kier alpha value is -2.32. The predicted octanol–water partition coefficient (Wildman–Crippen LogP) is 2.31. The van der Waals surface area contributed by atoms with E-state index in [-0.39, 0.29) is 0 Å². The molecule has 1 fully saturated rings. The van der Waals surface area contributed by atoms with E-state index in [4.69, 9.17) is 10.00 Å². The van der Waals surface area contributed by atoms with Crippen molar-refractivity contribution in [3.63, 3.8) is 0 Å². The summed E-state index contributed by atoms with van der Waals surface area (Å²) >= 11 is 0. The fourth-order valence-corrected chi connectivity index (χ4v) is 2.87. The van der Waals surface area contributed by atoms with Gasteiger partial charge in [-0.25, -0.2) is 0 Å². The van der Waals surface area contributed by atoms with Gasteiger partial charge in [0.05, 0.1) is 17.3 Å². The van der Waals surface area contributed by atoms with Gasteiger partial charge in [0.25, 0.3) is 0 Å². The number of nitriles is 1. The van der Waals surface area contributed by atoms with Gasteiger partial charge in [0, 0.05) is 25.3 Å². The molecule has 1 aromatic heterocycles. The van der Waals surface area contributed by atoms with Gasteiger partial charge < -0.3 is 4.74 Å². The maximum atomic E-state index is 9.02. The van der Waals surface area contributed by atoms with Crippen LogP contribution >= 0.6 is 0 Å². The summed E-state index contributed by atoms with van der Waals surface area (Å²) in [5, 5.41) is 13.6. The third-order valence-corrected chi connectivity index (χ3v) is 4.00. The van der Waals surface area contributed by atoms with Gasteiger partial charge in [0.2, 0.25) is 0 Å². The standard InChI is InChI=1S/C17H20N4O/c1-13-9-14(2)21(19-13)16-11-20(12-16)7-8-22-17-6-4-3-5-15(17)10-18/h3-6,9,16H,7-8,11-12H2,1-2H3. The summed E-state index contributed by atoms with van der Waals surface area (Å²) in [6.07, 6.45) is 0. The maximum Gasteiger partial charge on any atom is 0.137 e. The normalized spacial score (nSPS) is 15.3. The fraction of sp³-hybridized carbons (Fsp3) is 0.412. The van der Waals surface area contributed by atoms with E-state index in [9.17, 15) is 0 Å². The highest BCUT2D eigenvalue weighted by molar-refractivity contribution is 5.42. The van der Waals surface area contributed by atoms with Crippen LogP contribution < -0.4 is 4.74 Å². The average Bonchev–Trinajstić information content (AvgIpc) is 2.80. The summed E-state index contributed by atoms with van der Waals surface area (Å²) in [6, 6.07) is 12.1. The molecule has 1 aromatic carbocycles. The minimum atomic E-state index is 0.472. The second-order valence-electron chi connectivity index (χ2n) is 5.74. The highest BCUT2D eigenvalue weighted by atomic mass is 16.5. The van der Waals surface area contributed by atoms with Crippen LogP contribution in [0.3, 0.4) is 0 Å². The van der Waals surface area contributed by atoms with Crippen LogP contribution in [-0.4, -0.2) is 40.9 Å². The average molecular weight is 296 g/mol. The van der Waals surface area contributed by atoms with Crippen LogP contribution in [0.15, 0.2) is 30.3 Å². The molecule has 1 saturated heterocycles. The lowest BCUT2D eigenvalue weighted by molar-refractivity contribution is 0.0804. The molecular weight excluding hydrogens is 276 g/mol. The van der Waals surface area contributed by atoms with E-state index < -0.39 is 0 Å². The third-order valence-electron chi connectivity index (χ3n) is 4.00. The Morgan fingerprint density at radius 2 is 2.09 bits per heavy atom. The highest BCUT2D eigenvalue weighted by Crippen LogP contribution is 2.22. The number of hydrogen-bond acceptors (Lipinski definition) is 4. The first-order valence-electron chi connectivity index (χ1n) is 7.54. The van der Waals surface area contributed by atoms with Crippen molar-refractivity contribution in [3.8, 4) is 11.8 Å². The molecule has 0 N–H and O–H groups in total. The molecule has 0 bridgehead atoms. The zero-order valence-electron chi connectivity index (χ0n) is 13.0. The van der Waals surface area contributed by atoms with E-state index in [1.54, 1.807) is 6.07 Å². The molecule has 0 atom stereocenters. The smallest absolute Gasteiger partial charge is 0.137 e. The van der Waals surface area contributed by atoms with Crippen molar-refractivity contribution in [3.05, 3.63) is 47.3 Å². The summed E-state index contributed by atoms with van der Waals surface area (Å²) in [6.45, 7) is 7.61. The largest absolute Gasteiger partial charge is 0.491 e. The number of ether oxygens (including phenoxy) is 1. The first-order chi connectivity index (χ1) is 10.7. The predicted molar refractivity (Wildman–Crippen MR) is 83.8 cm³/mol. The van der Waals surface area contributed by atoms with Crippen LogP contribution in [0.1, 0.15) is 23.0 Å². The zero-order valence-corrected chi connectivity index (χ0v) is 13.0. The lowest BCUT2D eigenvalue weighted by Gasteiger charge is -2.39. The summed E-state index contributed by atoms with van der Waals surface area (Å²) in [4.78, 5) is 2.34. The van der Waals surface area contributed by atoms with E-state index in [1.165, 1.54) is 5.69 Å². The number of benzene rings is 1. The molecule has 0 aliphatic carbocycles. The van der Waals surface area contributed by atoms with Gasteiger partial charge in [-0.1, -0.05) is 12.1 Å². The van der Waals surface area contributed by atoms with Crippen molar-refractivity contribution in [1.82, 2.24) is 14.7 Å². The van der Waals surface area contributed by atoms with Gasteiger partial charge in [-0.05, 0) is 32.0 Å². The Morgan fingerprint density at radius 3 is 2.77 bits per heavy atom. The van der Waals surface area contributed by atoms with Gasteiger partial charge in [-0.3, -0.25) is 9.58 Å². The van der Waals surface area contributed by atoms with E-state index >= 15 is 0 Å². The monoisotopic (exact) mass is 296 g/mol. The molecule has 2 heterocycles. The third kappa shape index (κ3) is 2.97. The topological polar surface area (TPSA) is 54.1 Å². The highest BCUT2D eigenvalue weighted by Gasteiger charge is 2.29. The molecule has 0 spiro atoms. The van der Waals surface area contributed by atoms with Gasteiger partial charge in [0.15, 0.2) is 0 Å². The van der Waals surface area contributed by atoms with Crippen LogP contribution in [0.25, 0.3) is 0 Å². The molecular formula is C17H20N4O. The minimum absolute atomic E-state index is 0.472. The van der Waals surface area contributed by atoms with Crippen LogP contribution in [0.5, 0.6) is 5.75 Å². The Kier molecular flexibility index (Phi) is 4.12. The molecule has 1 aliphatic rings. The first kappa shape index (κ1) is 14.6. The Bertz CT molecular complexity index is 695. The second kappa shape index (κ2) is 6.20. The summed E-state index contributed by atoms with van der Waals surface area (Å²) in [5.41, 5.74) is 2.89. The molecule has 0 unspecified atom stereocenters. The number of hydrogen-bond donors (Lipinski definition) is 0. The van der Waals surface area contributed by atoms with Crippen molar-refractivity contribution in [1.29, 1.82) is 5.26 Å². The quantitative estimate of drug-likeness (QED) is 0.849. The number of likely N-dealkylation sites (tertiary alicyclic amines) is 1. The lowest BCUT2D eigenvalue weighted by atomic mass is 10.1. The van der Waals surface area contributed by atoms with Crippen molar-refractivity contribution in [2.24, 2.45) is 0 Å². The molecule has 5 heteroatoms. The molecule has 0 radical (unpaired) electrons. The van der Waals surface area contributed by atoms with E-state index in [0.717, 1.165) is 25.3 Å². The Balaban J connectivity index is 1.45. The number of nitrogens with zero attached hydrogens (tertiary/aromatic N) is 4. The lowest BCUT2D eigenvalue weighted by Crippen LogP contribution is -2.49. The van der Waals surface area contributed by atoms with E-state index in [1.807, 2.05) is 25.1 Å². The molecule has 114 valence electrons. The molecule has 3 rings (SSSR count). The second-order valence-corrected chi connectivity index (χ2v) is 5.74. The van der Waals surface area contributed by atoms with Crippen LogP contribution in [-0.2, 0) is 0 Å². The van der Waals surface area contributed by atoms with Gasteiger partial charge >= 0.3 is 0 Å². The number of rotatable bonds is 5. The molecule has 22 heavy (non-hydrogen) atoms. The number of aryl methyl sites for hydroxylation is 2. The molecule has 0 amide bonds. The maximum absolute atomic E-state index is 9.02. The molecule has 0 saturated carbocycles. The summed E-state index contributed by atoms with van der Waals surface area (Å²) in [7, 11) is 0. The van der Waals surface area contributed by atoms with Crippen molar-refractivity contribution in [2.75, 3.05) is 26.2 Å².